The van der Waals surface area contributed by atoms with Gasteiger partial charge in [0, 0.05) is 22.4 Å². The highest BCUT2D eigenvalue weighted by molar-refractivity contribution is 8.00. The molecule has 0 spiro atoms. The zero-order valence-corrected chi connectivity index (χ0v) is 29.7. The number of thioether (sulfide) groups is 1. The number of rotatable bonds is 19. The molecule has 1 aliphatic rings. The molecule has 4 rings (SSSR count). The monoisotopic (exact) mass is 760 g/mol. The van der Waals surface area contributed by atoms with E-state index in [4.69, 9.17) is 33.0 Å². The Morgan fingerprint density at radius 1 is 1.12 bits per heavy atom. The van der Waals surface area contributed by atoms with E-state index in [1.807, 2.05) is 6.07 Å². The summed E-state index contributed by atoms with van der Waals surface area (Å²) in [6, 6.07) is 8.91. The summed E-state index contributed by atoms with van der Waals surface area (Å²) in [5.41, 5.74) is -1.52. The molecule has 52 heavy (non-hydrogen) atoms. The van der Waals surface area contributed by atoms with Crippen molar-refractivity contribution in [3.63, 3.8) is 0 Å². The summed E-state index contributed by atoms with van der Waals surface area (Å²) < 4.78 is 91.6. The molecule has 3 aromatic rings. The first-order valence-electron chi connectivity index (χ1n) is 15.7. The fraction of sp³-hybridized carbons (Fsp3) is 0.314. The molecule has 276 valence electrons. The van der Waals surface area contributed by atoms with E-state index in [-0.39, 0.29) is 49.3 Å². The Bertz CT molecular complexity index is 1820. The number of ether oxygens (including phenoxy) is 3. The van der Waals surface area contributed by atoms with Gasteiger partial charge in [0.05, 0.1) is 49.9 Å². The van der Waals surface area contributed by atoms with Gasteiger partial charge in [0.2, 0.25) is 0 Å². The third-order valence-electron chi connectivity index (χ3n) is 7.32. The number of carbonyl (C=O) groups is 1. The van der Waals surface area contributed by atoms with Crippen molar-refractivity contribution in [2.24, 2.45) is 0 Å². The SMILES string of the molecule is C=CCOP(=O)(OCC=C)OCC(=O)O[C@@](Cn1cncn1)(c1ccc(F)cc1F)[C@@H](C)SC1COC(C=CC=Cc2ccc(C#N)cc2F)OC1. The lowest BCUT2D eigenvalue weighted by Gasteiger charge is -2.40. The van der Waals surface area contributed by atoms with Crippen LogP contribution in [-0.4, -0.2) is 70.6 Å². The number of allylic oxidation sites excluding steroid dienone is 2. The molecule has 2 atom stereocenters. The van der Waals surface area contributed by atoms with Crippen LogP contribution >= 0.6 is 19.6 Å². The van der Waals surface area contributed by atoms with Crippen LogP contribution in [0.2, 0.25) is 0 Å². The third kappa shape index (κ3) is 11.3. The van der Waals surface area contributed by atoms with Gasteiger partial charge in [-0.05, 0) is 37.3 Å². The van der Waals surface area contributed by atoms with Gasteiger partial charge in [-0.25, -0.2) is 32.2 Å². The fourth-order valence-corrected chi connectivity index (χ4v) is 7.31. The van der Waals surface area contributed by atoms with Crippen LogP contribution in [0.5, 0.6) is 0 Å². The third-order valence-corrected chi connectivity index (χ3v) is 10.1. The molecule has 2 heterocycles. The minimum Gasteiger partial charge on any atom is -0.449 e. The van der Waals surface area contributed by atoms with Gasteiger partial charge in [-0.2, -0.15) is 10.4 Å². The maximum atomic E-state index is 15.7. The van der Waals surface area contributed by atoms with Crippen molar-refractivity contribution < 1.29 is 50.3 Å². The largest absolute Gasteiger partial charge is 0.475 e. The average molecular weight is 761 g/mol. The normalized spacial score (nSPS) is 18.1. The Hall–Kier alpha value is -4.33. The fourth-order valence-electron chi connectivity index (χ4n) is 4.89. The first-order chi connectivity index (χ1) is 25.0. The van der Waals surface area contributed by atoms with Crippen LogP contribution in [0.1, 0.15) is 23.6 Å². The van der Waals surface area contributed by atoms with Gasteiger partial charge < -0.3 is 14.2 Å². The predicted molar refractivity (Wildman–Crippen MR) is 186 cm³/mol. The van der Waals surface area contributed by atoms with E-state index >= 15 is 4.39 Å². The number of hydrogen-bond acceptors (Lipinski definition) is 12. The molecule has 1 saturated heterocycles. The Labute approximate surface area is 303 Å². The number of esters is 1. The summed E-state index contributed by atoms with van der Waals surface area (Å²) in [6.45, 7) is 7.37. The maximum Gasteiger partial charge on any atom is 0.475 e. The summed E-state index contributed by atoms with van der Waals surface area (Å²) in [7, 11) is -4.28. The summed E-state index contributed by atoms with van der Waals surface area (Å²) >= 11 is 1.26. The molecule has 1 aromatic heterocycles. The second-order valence-corrected chi connectivity index (χ2v) is 14.3. The van der Waals surface area contributed by atoms with Gasteiger partial charge in [0.25, 0.3) is 0 Å². The molecule has 0 saturated carbocycles. The van der Waals surface area contributed by atoms with Crippen molar-refractivity contribution in [2.45, 2.75) is 35.9 Å². The van der Waals surface area contributed by atoms with Gasteiger partial charge in [-0.1, -0.05) is 36.4 Å². The summed E-state index contributed by atoms with van der Waals surface area (Å²) in [5.74, 6) is -3.45. The van der Waals surface area contributed by atoms with Gasteiger partial charge in [-0.15, -0.1) is 24.9 Å². The number of nitrogens with zero attached hydrogens (tertiary/aromatic N) is 4. The smallest absolute Gasteiger partial charge is 0.449 e. The van der Waals surface area contributed by atoms with E-state index in [1.54, 1.807) is 25.2 Å². The van der Waals surface area contributed by atoms with E-state index in [1.165, 1.54) is 65.5 Å². The van der Waals surface area contributed by atoms with Crippen molar-refractivity contribution >= 4 is 31.6 Å². The summed E-state index contributed by atoms with van der Waals surface area (Å²) in [4.78, 5) is 17.4. The lowest BCUT2D eigenvalue weighted by Crippen LogP contribution is -2.47. The lowest BCUT2D eigenvalue weighted by molar-refractivity contribution is -0.166. The van der Waals surface area contributed by atoms with Crippen molar-refractivity contribution in [1.29, 1.82) is 5.26 Å². The number of carbonyl (C=O) groups excluding carboxylic acids is 1. The van der Waals surface area contributed by atoms with E-state index in [2.05, 4.69) is 23.2 Å². The molecule has 0 amide bonds. The van der Waals surface area contributed by atoms with E-state index < -0.39 is 55.0 Å². The Balaban J connectivity index is 1.51. The highest BCUT2D eigenvalue weighted by Gasteiger charge is 2.47. The Morgan fingerprint density at radius 3 is 2.46 bits per heavy atom. The molecule has 1 fully saturated rings. The van der Waals surface area contributed by atoms with Crippen LogP contribution in [0, 0.1) is 28.8 Å². The standard InChI is InChI=1S/C35H36F3N4O8PS/c1-4-14-47-51(44,48-15-5-2)49-21-33(43)50-35(22-42-24-40-23-41-42,30-13-12-28(36)17-32(30)38)25(3)52-29-19-45-34(46-20-29)9-7-6-8-27-11-10-26(18-39)16-31(27)37/h4-13,16-17,23-25,29,34H,1-2,14-15,19-22H2,3H3/t25-,29?,34?,35-/m1/s1. The number of phosphoric ester groups is 1. The van der Waals surface area contributed by atoms with Crippen LogP contribution in [0.3, 0.4) is 0 Å². The molecule has 17 heteroatoms. The van der Waals surface area contributed by atoms with Crippen LogP contribution in [0.25, 0.3) is 6.08 Å². The number of benzene rings is 2. The topological polar surface area (TPSA) is 144 Å². The minimum absolute atomic E-state index is 0.171. The Morgan fingerprint density at radius 2 is 1.85 bits per heavy atom. The van der Waals surface area contributed by atoms with Crippen molar-refractivity contribution in [3.8, 4) is 6.07 Å². The number of nitriles is 1. The van der Waals surface area contributed by atoms with Crippen molar-refractivity contribution in [3.05, 3.63) is 127 Å². The molecule has 0 N–H and O–H groups in total. The van der Waals surface area contributed by atoms with Crippen LogP contribution in [0.15, 0.2) is 92.6 Å². The number of halogens is 3. The highest BCUT2D eigenvalue weighted by atomic mass is 32.2. The molecule has 2 aromatic carbocycles. The number of hydrogen-bond donors (Lipinski definition) is 0. The van der Waals surface area contributed by atoms with Crippen LogP contribution in [0.4, 0.5) is 13.2 Å². The molecule has 0 bridgehead atoms. The average Bonchev–Trinajstić information content (AvgIpc) is 3.64. The second-order valence-electron chi connectivity index (χ2n) is 11.0. The molecular formula is C35H36F3N4O8PS. The zero-order valence-electron chi connectivity index (χ0n) is 28.0. The number of phosphoric acid groups is 1. The minimum atomic E-state index is -4.28. The zero-order chi connectivity index (χ0) is 37.6. The van der Waals surface area contributed by atoms with Crippen LogP contribution in [-0.2, 0) is 49.3 Å². The van der Waals surface area contributed by atoms with Crippen molar-refractivity contribution in [2.75, 3.05) is 33.0 Å². The van der Waals surface area contributed by atoms with Gasteiger partial charge >= 0.3 is 13.8 Å². The maximum absolute atomic E-state index is 15.7. The molecule has 0 unspecified atom stereocenters. The van der Waals surface area contributed by atoms with Crippen molar-refractivity contribution in [1.82, 2.24) is 14.8 Å². The van der Waals surface area contributed by atoms with E-state index in [0.29, 0.717) is 11.6 Å². The number of aromatic nitrogens is 3. The van der Waals surface area contributed by atoms with E-state index in [0.717, 1.165) is 12.1 Å². The predicted octanol–water partition coefficient (Wildman–Crippen LogP) is 6.67. The Kier molecular flexibility index (Phi) is 15.2. The second kappa shape index (κ2) is 19.5. The van der Waals surface area contributed by atoms with E-state index in [9.17, 15) is 18.1 Å². The molecule has 0 aliphatic carbocycles. The quantitative estimate of drug-likeness (QED) is 0.0557. The highest BCUT2D eigenvalue weighted by Crippen LogP contribution is 2.49. The molecule has 1 aliphatic heterocycles. The molecule has 0 radical (unpaired) electrons. The molecular weight excluding hydrogens is 724 g/mol. The van der Waals surface area contributed by atoms with Gasteiger partial charge in [-0.3, -0.25) is 13.6 Å². The lowest BCUT2D eigenvalue weighted by atomic mass is 9.89. The van der Waals surface area contributed by atoms with Crippen LogP contribution < -0.4 is 0 Å². The van der Waals surface area contributed by atoms with Gasteiger partial charge in [0.15, 0.2) is 18.5 Å². The first-order valence-corrected chi connectivity index (χ1v) is 18.1. The molecule has 12 nitrogen and oxygen atoms in total. The first kappa shape index (κ1) is 40.4. The summed E-state index contributed by atoms with van der Waals surface area (Å²) in [6.07, 6.45) is 10.9. The summed E-state index contributed by atoms with van der Waals surface area (Å²) in [5, 5.41) is 11.9. The van der Waals surface area contributed by atoms with Gasteiger partial charge in [0.1, 0.15) is 30.1 Å².